The molecule has 146 valence electrons. The van der Waals surface area contributed by atoms with Crippen LogP contribution < -0.4 is 10.1 Å². The van der Waals surface area contributed by atoms with Gasteiger partial charge in [0.05, 0.1) is 6.04 Å². The molecular formula is C21H21F2N3OS. The van der Waals surface area contributed by atoms with Crippen molar-refractivity contribution in [2.45, 2.75) is 25.4 Å². The lowest BCUT2D eigenvalue weighted by molar-refractivity contribution is 0.212. The molecule has 0 aliphatic carbocycles. The summed E-state index contributed by atoms with van der Waals surface area (Å²) in [5, 5.41) is 3.41. The molecule has 4 nitrogen and oxygen atoms in total. The molecule has 1 aromatic heterocycles. The van der Waals surface area contributed by atoms with Gasteiger partial charge in [-0.05, 0) is 23.8 Å². The van der Waals surface area contributed by atoms with Crippen LogP contribution in [0.2, 0.25) is 0 Å². The SMILES string of the molecule is Fc1cc(F)c2c(c1)C[C@@H](n1cc(CCNCc3ccccc3)[nH]c1=S)CO2. The fourth-order valence-electron chi connectivity index (χ4n) is 3.51. The first-order chi connectivity index (χ1) is 13.6. The number of ether oxygens (including phenoxy) is 1. The fraction of sp³-hybridized carbons (Fsp3) is 0.286. The molecule has 2 N–H and O–H groups in total. The number of nitrogens with zero attached hydrogens (tertiary/aromatic N) is 1. The average Bonchev–Trinajstić information content (AvgIpc) is 3.06. The average molecular weight is 401 g/mol. The lowest BCUT2D eigenvalue weighted by Crippen LogP contribution is -2.25. The van der Waals surface area contributed by atoms with Gasteiger partial charge >= 0.3 is 0 Å². The minimum Gasteiger partial charge on any atom is -0.488 e. The molecule has 0 spiro atoms. The molecule has 2 aromatic carbocycles. The van der Waals surface area contributed by atoms with Crippen molar-refractivity contribution in [3.8, 4) is 5.75 Å². The molecule has 0 saturated heterocycles. The Labute approximate surface area is 167 Å². The molecule has 3 aromatic rings. The van der Waals surface area contributed by atoms with Gasteiger partial charge in [-0.15, -0.1) is 0 Å². The van der Waals surface area contributed by atoms with E-state index in [9.17, 15) is 8.78 Å². The molecular weight excluding hydrogens is 380 g/mol. The molecule has 4 rings (SSSR count). The molecule has 2 heterocycles. The summed E-state index contributed by atoms with van der Waals surface area (Å²) < 4.78 is 35.4. The summed E-state index contributed by atoms with van der Waals surface area (Å²) in [4.78, 5) is 3.22. The Hall–Kier alpha value is -2.51. The predicted molar refractivity (Wildman–Crippen MR) is 106 cm³/mol. The van der Waals surface area contributed by atoms with E-state index in [4.69, 9.17) is 17.0 Å². The first kappa shape index (κ1) is 18.8. The summed E-state index contributed by atoms with van der Waals surface area (Å²) in [7, 11) is 0. The number of nitrogens with one attached hydrogen (secondary N) is 2. The third kappa shape index (κ3) is 4.15. The van der Waals surface area contributed by atoms with Crippen molar-refractivity contribution in [2.75, 3.05) is 13.2 Å². The summed E-state index contributed by atoms with van der Waals surface area (Å²) in [6.45, 7) is 1.92. The van der Waals surface area contributed by atoms with Crippen molar-refractivity contribution in [3.63, 3.8) is 0 Å². The van der Waals surface area contributed by atoms with Gasteiger partial charge in [0.25, 0.3) is 0 Å². The maximum Gasteiger partial charge on any atom is 0.177 e. The first-order valence-corrected chi connectivity index (χ1v) is 9.66. The molecule has 0 saturated carbocycles. The van der Waals surface area contributed by atoms with Gasteiger partial charge in [-0.1, -0.05) is 30.3 Å². The number of benzene rings is 2. The van der Waals surface area contributed by atoms with Crippen LogP contribution in [-0.4, -0.2) is 22.7 Å². The molecule has 0 bridgehead atoms. The van der Waals surface area contributed by atoms with Crippen molar-refractivity contribution < 1.29 is 13.5 Å². The third-order valence-corrected chi connectivity index (χ3v) is 5.21. The molecule has 1 atom stereocenters. The van der Waals surface area contributed by atoms with Gasteiger partial charge in [-0.25, -0.2) is 8.78 Å². The molecule has 0 unspecified atom stereocenters. The zero-order valence-electron chi connectivity index (χ0n) is 15.3. The molecule has 0 radical (unpaired) electrons. The van der Waals surface area contributed by atoms with Gasteiger partial charge < -0.3 is 19.6 Å². The zero-order valence-corrected chi connectivity index (χ0v) is 16.1. The highest BCUT2D eigenvalue weighted by molar-refractivity contribution is 7.71. The van der Waals surface area contributed by atoms with Crippen molar-refractivity contribution >= 4 is 12.2 Å². The normalized spacial score (nSPS) is 15.9. The van der Waals surface area contributed by atoms with E-state index >= 15 is 0 Å². The minimum atomic E-state index is -0.656. The zero-order chi connectivity index (χ0) is 19.5. The second kappa shape index (κ2) is 8.24. The quantitative estimate of drug-likeness (QED) is 0.477. The summed E-state index contributed by atoms with van der Waals surface area (Å²) in [6, 6.07) is 12.3. The van der Waals surface area contributed by atoms with E-state index in [1.165, 1.54) is 11.6 Å². The second-order valence-corrected chi connectivity index (χ2v) is 7.34. The molecule has 28 heavy (non-hydrogen) atoms. The lowest BCUT2D eigenvalue weighted by atomic mass is 10.0. The van der Waals surface area contributed by atoms with E-state index in [0.717, 1.165) is 31.3 Å². The number of hydrogen-bond acceptors (Lipinski definition) is 3. The van der Waals surface area contributed by atoms with E-state index in [1.807, 2.05) is 29.0 Å². The summed E-state index contributed by atoms with van der Waals surface area (Å²) in [5.41, 5.74) is 2.79. The Balaban J connectivity index is 1.38. The Kier molecular flexibility index (Phi) is 5.54. The minimum absolute atomic E-state index is 0.0940. The van der Waals surface area contributed by atoms with Crippen LogP contribution in [0.1, 0.15) is 22.9 Å². The van der Waals surface area contributed by atoms with Crippen LogP contribution in [0.15, 0.2) is 48.7 Å². The number of hydrogen-bond donors (Lipinski definition) is 2. The number of rotatable bonds is 6. The number of H-pyrrole nitrogens is 1. The van der Waals surface area contributed by atoms with Crippen LogP contribution in [0.4, 0.5) is 8.78 Å². The molecule has 1 aliphatic rings. The number of halogens is 2. The largest absolute Gasteiger partial charge is 0.488 e. The topological polar surface area (TPSA) is 42.0 Å². The van der Waals surface area contributed by atoms with Crippen molar-refractivity contribution in [1.29, 1.82) is 0 Å². The third-order valence-electron chi connectivity index (χ3n) is 4.89. The molecule has 1 aliphatic heterocycles. The molecule has 0 fully saturated rings. The summed E-state index contributed by atoms with van der Waals surface area (Å²) in [6.07, 6.45) is 3.25. The number of fused-ring (bicyclic) bond motifs is 1. The maximum absolute atomic E-state index is 13.8. The van der Waals surface area contributed by atoms with Crippen LogP contribution in [0, 0.1) is 16.4 Å². The lowest BCUT2D eigenvalue weighted by Gasteiger charge is -2.26. The molecule has 7 heteroatoms. The number of aromatic amines is 1. The highest BCUT2D eigenvalue weighted by atomic mass is 32.1. The number of aromatic nitrogens is 2. The van der Waals surface area contributed by atoms with Crippen LogP contribution >= 0.6 is 12.2 Å². The Morgan fingerprint density at radius 1 is 1.21 bits per heavy atom. The van der Waals surface area contributed by atoms with Gasteiger partial charge in [0.15, 0.2) is 16.3 Å². The smallest absolute Gasteiger partial charge is 0.177 e. The van der Waals surface area contributed by atoms with Crippen LogP contribution in [0.25, 0.3) is 0 Å². The Bertz CT molecular complexity index is 1020. The summed E-state index contributed by atoms with van der Waals surface area (Å²) in [5.74, 6) is -1.11. The Morgan fingerprint density at radius 3 is 2.86 bits per heavy atom. The van der Waals surface area contributed by atoms with Crippen molar-refractivity contribution in [2.24, 2.45) is 0 Å². The van der Waals surface area contributed by atoms with E-state index in [-0.39, 0.29) is 11.8 Å². The van der Waals surface area contributed by atoms with Gasteiger partial charge in [-0.3, -0.25) is 0 Å². The van der Waals surface area contributed by atoms with E-state index < -0.39 is 11.6 Å². The van der Waals surface area contributed by atoms with Crippen molar-refractivity contribution in [1.82, 2.24) is 14.9 Å². The van der Waals surface area contributed by atoms with Crippen LogP contribution in [0.3, 0.4) is 0 Å². The van der Waals surface area contributed by atoms with E-state index in [0.29, 0.717) is 23.4 Å². The highest BCUT2D eigenvalue weighted by Crippen LogP contribution is 2.33. The van der Waals surface area contributed by atoms with Gasteiger partial charge in [-0.2, -0.15) is 0 Å². The maximum atomic E-state index is 13.8. The fourth-order valence-corrected chi connectivity index (χ4v) is 3.84. The predicted octanol–water partition coefficient (Wildman–Crippen LogP) is 4.33. The van der Waals surface area contributed by atoms with E-state index in [1.54, 1.807) is 0 Å². The van der Waals surface area contributed by atoms with Crippen molar-refractivity contribution in [3.05, 3.63) is 81.9 Å². The highest BCUT2D eigenvalue weighted by Gasteiger charge is 2.25. The van der Waals surface area contributed by atoms with Gasteiger partial charge in [0, 0.05) is 49.5 Å². The van der Waals surface area contributed by atoms with E-state index in [2.05, 4.69) is 22.4 Å². The number of imidazole rings is 1. The second-order valence-electron chi connectivity index (χ2n) is 6.95. The Morgan fingerprint density at radius 2 is 2.04 bits per heavy atom. The molecule has 0 amide bonds. The van der Waals surface area contributed by atoms with Gasteiger partial charge in [0.2, 0.25) is 0 Å². The van der Waals surface area contributed by atoms with Crippen LogP contribution in [0.5, 0.6) is 5.75 Å². The first-order valence-electron chi connectivity index (χ1n) is 9.25. The monoisotopic (exact) mass is 401 g/mol. The van der Waals surface area contributed by atoms with Gasteiger partial charge in [0.1, 0.15) is 12.4 Å². The van der Waals surface area contributed by atoms with Crippen LogP contribution in [-0.2, 0) is 19.4 Å². The standard InChI is InChI=1S/C21H21F2N3OS/c22-16-8-15-9-18(13-27-20(15)19(23)10-16)26-12-17(25-21(26)28)6-7-24-11-14-4-2-1-3-5-14/h1-5,8,10,12,18,24H,6-7,9,11,13H2,(H,25,28)/t18-/m1/s1. The summed E-state index contributed by atoms with van der Waals surface area (Å²) >= 11 is 5.44.